The standard InChI is InChI=1S/C12H22N4O3/c1-4-9(5-2)10(17)6-13-12(18)14-7-11-15-8(3)16-19-11/h9-10,17H,4-7H2,1-3H3,(H2,13,14,18). The van der Waals surface area contributed by atoms with Crippen molar-refractivity contribution in [2.45, 2.75) is 46.3 Å². The van der Waals surface area contributed by atoms with Crippen LogP contribution in [0.4, 0.5) is 4.79 Å². The van der Waals surface area contributed by atoms with Crippen molar-refractivity contribution in [3.8, 4) is 0 Å². The number of rotatable bonds is 7. The zero-order chi connectivity index (χ0) is 14.3. The molecular weight excluding hydrogens is 248 g/mol. The molecule has 7 heteroatoms. The molecule has 0 aliphatic carbocycles. The molecule has 0 aliphatic rings. The molecule has 1 heterocycles. The van der Waals surface area contributed by atoms with Crippen LogP contribution in [0, 0.1) is 12.8 Å². The highest BCUT2D eigenvalue weighted by Crippen LogP contribution is 2.12. The Labute approximate surface area is 112 Å². The lowest BCUT2D eigenvalue weighted by molar-refractivity contribution is 0.103. The Kier molecular flexibility index (Phi) is 6.27. The molecule has 0 saturated carbocycles. The molecule has 1 atom stereocenters. The summed E-state index contributed by atoms with van der Waals surface area (Å²) in [5.74, 6) is 1.09. The molecular formula is C12H22N4O3. The summed E-state index contributed by atoms with van der Waals surface area (Å²) in [6.45, 7) is 6.17. The summed E-state index contributed by atoms with van der Waals surface area (Å²) >= 11 is 0. The normalized spacial score (nSPS) is 12.5. The number of aliphatic hydroxyl groups excluding tert-OH is 1. The number of carbonyl (C=O) groups excluding carboxylic acids is 1. The lowest BCUT2D eigenvalue weighted by Crippen LogP contribution is -2.41. The van der Waals surface area contributed by atoms with Crippen LogP contribution in [-0.2, 0) is 6.54 Å². The minimum absolute atomic E-state index is 0.174. The number of nitrogens with zero attached hydrogens (tertiary/aromatic N) is 2. The highest BCUT2D eigenvalue weighted by molar-refractivity contribution is 5.73. The molecule has 1 aromatic rings. The van der Waals surface area contributed by atoms with E-state index < -0.39 is 6.10 Å². The second kappa shape index (κ2) is 7.73. The van der Waals surface area contributed by atoms with Crippen LogP contribution in [-0.4, -0.2) is 33.9 Å². The van der Waals surface area contributed by atoms with E-state index in [1.54, 1.807) is 6.92 Å². The lowest BCUT2D eigenvalue weighted by Gasteiger charge is -2.20. The summed E-state index contributed by atoms with van der Waals surface area (Å²) in [6.07, 6.45) is 1.26. The van der Waals surface area contributed by atoms with E-state index in [-0.39, 0.29) is 25.0 Å². The van der Waals surface area contributed by atoms with Gasteiger partial charge < -0.3 is 20.3 Å². The van der Waals surface area contributed by atoms with Crippen molar-refractivity contribution in [3.63, 3.8) is 0 Å². The van der Waals surface area contributed by atoms with E-state index in [0.29, 0.717) is 11.7 Å². The van der Waals surface area contributed by atoms with Gasteiger partial charge in [-0.2, -0.15) is 4.98 Å². The molecule has 0 aliphatic heterocycles. The van der Waals surface area contributed by atoms with E-state index >= 15 is 0 Å². The molecule has 19 heavy (non-hydrogen) atoms. The van der Waals surface area contributed by atoms with Crippen LogP contribution in [0.1, 0.15) is 38.4 Å². The number of aryl methyl sites for hydroxylation is 1. The summed E-state index contributed by atoms with van der Waals surface area (Å²) in [7, 11) is 0. The molecule has 0 spiro atoms. The van der Waals surface area contributed by atoms with Gasteiger partial charge in [0.05, 0.1) is 12.6 Å². The molecule has 7 nitrogen and oxygen atoms in total. The SMILES string of the molecule is CCC(CC)C(O)CNC(=O)NCc1nc(C)no1. The first-order chi connectivity index (χ1) is 9.06. The molecule has 3 N–H and O–H groups in total. The Bertz CT molecular complexity index is 390. The van der Waals surface area contributed by atoms with Crippen LogP contribution in [0.15, 0.2) is 4.52 Å². The average Bonchev–Trinajstić information content (AvgIpc) is 2.81. The first-order valence-corrected chi connectivity index (χ1v) is 6.55. The van der Waals surface area contributed by atoms with E-state index in [4.69, 9.17) is 4.52 Å². The Morgan fingerprint density at radius 1 is 1.37 bits per heavy atom. The van der Waals surface area contributed by atoms with Gasteiger partial charge in [0.2, 0.25) is 5.89 Å². The minimum Gasteiger partial charge on any atom is -0.391 e. The molecule has 1 unspecified atom stereocenters. The van der Waals surface area contributed by atoms with Gasteiger partial charge in [0.25, 0.3) is 0 Å². The van der Waals surface area contributed by atoms with Gasteiger partial charge in [0.15, 0.2) is 5.82 Å². The van der Waals surface area contributed by atoms with Crippen molar-refractivity contribution in [2.75, 3.05) is 6.54 Å². The van der Waals surface area contributed by atoms with E-state index in [1.807, 2.05) is 13.8 Å². The van der Waals surface area contributed by atoms with Crippen LogP contribution < -0.4 is 10.6 Å². The first-order valence-electron chi connectivity index (χ1n) is 6.55. The smallest absolute Gasteiger partial charge is 0.315 e. The first kappa shape index (κ1) is 15.4. The topological polar surface area (TPSA) is 100 Å². The highest BCUT2D eigenvalue weighted by atomic mass is 16.5. The molecule has 0 bridgehead atoms. The van der Waals surface area contributed by atoms with Gasteiger partial charge in [-0.1, -0.05) is 31.8 Å². The number of nitrogens with one attached hydrogen (secondary N) is 2. The molecule has 0 saturated heterocycles. The predicted molar refractivity (Wildman–Crippen MR) is 69.4 cm³/mol. The van der Waals surface area contributed by atoms with Gasteiger partial charge in [-0.05, 0) is 12.8 Å². The molecule has 108 valence electrons. The van der Waals surface area contributed by atoms with Crippen LogP contribution in [0.3, 0.4) is 0 Å². The van der Waals surface area contributed by atoms with E-state index in [0.717, 1.165) is 12.8 Å². The van der Waals surface area contributed by atoms with Gasteiger partial charge in [-0.3, -0.25) is 0 Å². The number of aromatic nitrogens is 2. The molecule has 2 amide bonds. The Balaban J connectivity index is 2.24. The number of amides is 2. The summed E-state index contributed by atoms with van der Waals surface area (Å²) in [6, 6.07) is -0.360. The second-order valence-corrected chi connectivity index (χ2v) is 4.44. The quantitative estimate of drug-likeness (QED) is 0.685. The van der Waals surface area contributed by atoms with Crippen molar-refractivity contribution in [2.24, 2.45) is 5.92 Å². The van der Waals surface area contributed by atoms with Gasteiger partial charge >= 0.3 is 6.03 Å². The summed E-state index contributed by atoms with van der Waals surface area (Å²) < 4.78 is 4.86. The number of hydrogen-bond acceptors (Lipinski definition) is 5. The van der Waals surface area contributed by atoms with Crippen LogP contribution >= 0.6 is 0 Å². The number of hydrogen-bond donors (Lipinski definition) is 3. The summed E-state index contributed by atoms with van der Waals surface area (Å²) in [5, 5.41) is 18.7. The third kappa shape index (κ3) is 5.25. The third-order valence-electron chi connectivity index (χ3n) is 3.03. The lowest BCUT2D eigenvalue weighted by atomic mass is 9.97. The monoisotopic (exact) mass is 270 g/mol. The van der Waals surface area contributed by atoms with Crippen molar-refractivity contribution >= 4 is 6.03 Å². The van der Waals surface area contributed by atoms with Crippen molar-refractivity contribution < 1.29 is 14.4 Å². The Morgan fingerprint density at radius 3 is 2.58 bits per heavy atom. The highest BCUT2D eigenvalue weighted by Gasteiger charge is 2.16. The van der Waals surface area contributed by atoms with Gasteiger partial charge in [-0.25, -0.2) is 4.79 Å². The largest absolute Gasteiger partial charge is 0.391 e. The van der Waals surface area contributed by atoms with Gasteiger partial charge in [0.1, 0.15) is 0 Å². The molecule has 1 aromatic heterocycles. The Morgan fingerprint density at radius 2 is 2.05 bits per heavy atom. The van der Waals surface area contributed by atoms with E-state index in [9.17, 15) is 9.90 Å². The number of aliphatic hydroxyl groups is 1. The van der Waals surface area contributed by atoms with Gasteiger partial charge in [0, 0.05) is 6.54 Å². The van der Waals surface area contributed by atoms with Crippen molar-refractivity contribution in [1.29, 1.82) is 0 Å². The fourth-order valence-corrected chi connectivity index (χ4v) is 1.83. The second-order valence-electron chi connectivity index (χ2n) is 4.44. The summed E-state index contributed by atoms with van der Waals surface area (Å²) in [4.78, 5) is 15.5. The zero-order valence-corrected chi connectivity index (χ0v) is 11.6. The predicted octanol–water partition coefficient (Wildman–Crippen LogP) is 0.974. The van der Waals surface area contributed by atoms with Gasteiger partial charge in [-0.15, -0.1) is 0 Å². The maximum absolute atomic E-state index is 11.5. The van der Waals surface area contributed by atoms with Crippen molar-refractivity contribution in [3.05, 3.63) is 11.7 Å². The van der Waals surface area contributed by atoms with Crippen LogP contribution in [0.2, 0.25) is 0 Å². The van der Waals surface area contributed by atoms with Crippen molar-refractivity contribution in [1.82, 2.24) is 20.8 Å². The van der Waals surface area contributed by atoms with Crippen LogP contribution in [0.5, 0.6) is 0 Å². The van der Waals surface area contributed by atoms with Crippen LogP contribution in [0.25, 0.3) is 0 Å². The average molecular weight is 270 g/mol. The molecule has 0 aromatic carbocycles. The molecule has 0 fully saturated rings. The zero-order valence-electron chi connectivity index (χ0n) is 11.6. The number of urea groups is 1. The maximum atomic E-state index is 11.5. The fourth-order valence-electron chi connectivity index (χ4n) is 1.83. The summed E-state index contributed by atoms with van der Waals surface area (Å²) in [5.41, 5.74) is 0. The molecule has 0 radical (unpaired) electrons. The molecule has 1 rings (SSSR count). The number of carbonyl (C=O) groups is 1. The minimum atomic E-state index is -0.522. The van der Waals surface area contributed by atoms with E-state index in [1.165, 1.54) is 0 Å². The maximum Gasteiger partial charge on any atom is 0.315 e. The Hall–Kier alpha value is -1.63. The third-order valence-corrected chi connectivity index (χ3v) is 3.03. The fraction of sp³-hybridized carbons (Fsp3) is 0.750. The van der Waals surface area contributed by atoms with E-state index in [2.05, 4.69) is 20.8 Å².